The maximum absolute atomic E-state index is 6.08. The SMILES string of the molecule is Cc1cc(C)c(CCN=C(N)N2CCSCC2)c(C)c1.I. The number of hydrogen-bond donors (Lipinski definition) is 1. The highest BCUT2D eigenvalue weighted by molar-refractivity contribution is 14.0. The van der Waals surface area contributed by atoms with Crippen LogP contribution in [0.25, 0.3) is 0 Å². The third-order valence-electron chi connectivity index (χ3n) is 3.81. The highest BCUT2D eigenvalue weighted by Crippen LogP contribution is 2.17. The van der Waals surface area contributed by atoms with Crippen LogP contribution in [0, 0.1) is 20.8 Å². The molecule has 0 saturated carbocycles. The molecule has 2 rings (SSSR count). The molecule has 1 aromatic rings. The van der Waals surface area contributed by atoms with E-state index in [1.165, 1.54) is 22.3 Å². The second-order valence-electron chi connectivity index (χ2n) is 5.47. The van der Waals surface area contributed by atoms with Crippen molar-refractivity contribution in [2.75, 3.05) is 31.1 Å². The lowest BCUT2D eigenvalue weighted by Crippen LogP contribution is -2.42. The Labute approximate surface area is 149 Å². The van der Waals surface area contributed by atoms with Crippen molar-refractivity contribution >= 4 is 41.7 Å². The van der Waals surface area contributed by atoms with Crippen molar-refractivity contribution in [1.29, 1.82) is 0 Å². The van der Waals surface area contributed by atoms with Gasteiger partial charge < -0.3 is 10.6 Å². The summed E-state index contributed by atoms with van der Waals surface area (Å²) in [5, 5.41) is 0. The summed E-state index contributed by atoms with van der Waals surface area (Å²) in [4.78, 5) is 6.76. The molecule has 0 bridgehead atoms. The molecule has 0 amide bonds. The van der Waals surface area contributed by atoms with Crippen molar-refractivity contribution < 1.29 is 0 Å². The minimum atomic E-state index is 0. The lowest BCUT2D eigenvalue weighted by atomic mass is 9.97. The summed E-state index contributed by atoms with van der Waals surface area (Å²) in [6.45, 7) is 9.36. The number of rotatable bonds is 3. The van der Waals surface area contributed by atoms with E-state index < -0.39 is 0 Å². The summed E-state index contributed by atoms with van der Waals surface area (Å²) in [6, 6.07) is 4.49. The first-order chi connectivity index (χ1) is 9.58. The third-order valence-corrected chi connectivity index (χ3v) is 4.75. The van der Waals surface area contributed by atoms with Gasteiger partial charge in [-0.3, -0.25) is 4.99 Å². The van der Waals surface area contributed by atoms with Gasteiger partial charge >= 0.3 is 0 Å². The number of benzene rings is 1. The Morgan fingerprint density at radius 2 is 1.76 bits per heavy atom. The van der Waals surface area contributed by atoms with Gasteiger partial charge in [0.1, 0.15) is 0 Å². The van der Waals surface area contributed by atoms with Crippen molar-refractivity contribution in [1.82, 2.24) is 4.90 Å². The van der Waals surface area contributed by atoms with Gasteiger partial charge in [-0.2, -0.15) is 11.8 Å². The molecule has 1 aromatic carbocycles. The van der Waals surface area contributed by atoms with Crippen LogP contribution in [0.4, 0.5) is 0 Å². The van der Waals surface area contributed by atoms with Gasteiger partial charge in [0, 0.05) is 31.1 Å². The summed E-state index contributed by atoms with van der Waals surface area (Å²) in [6.07, 6.45) is 0.973. The summed E-state index contributed by atoms with van der Waals surface area (Å²) in [5.41, 5.74) is 11.6. The molecule has 0 spiro atoms. The van der Waals surface area contributed by atoms with E-state index in [4.69, 9.17) is 5.73 Å². The number of thioether (sulfide) groups is 1. The Hall–Kier alpha value is -0.430. The topological polar surface area (TPSA) is 41.6 Å². The molecule has 1 aliphatic heterocycles. The van der Waals surface area contributed by atoms with E-state index in [2.05, 4.69) is 42.8 Å². The standard InChI is InChI=1S/C16H25N3S.HI/c1-12-10-13(2)15(14(3)11-12)4-5-18-16(17)19-6-8-20-9-7-19;/h10-11H,4-9H2,1-3H3,(H2,17,18);1H. The van der Waals surface area contributed by atoms with Gasteiger partial charge in [0.25, 0.3) is 0 Å². The normalized spacial score (nSPS) is 15.8. The van der Waals surface area contributed by atoms with E-state index in [9.17, 15) is 0 Å². The van der Waals surface area contributed by atoms with Crippen LogP contribution in [0.3, 0.4) is 0 Å². The summed E-state index contributed by atoms with van der Waals surface area (Å²) < 4.78 is 0. The van der Waals surface area contributed by atoms with Crippen LogP contribution in [0.1, 0.15) is 22.3 Å². The monoisotopic (exact) mass is 419 g/mol. The average Bonchev–Trinajstić information content (AvgIpc) is 2.42. The molecule has 0 atom stereocenters. The van der Waals surface area contributed by atoms with Crippen molar-refractivity contribution in [2.45, 2.75) is 27.2 Å². The van der Waals surface area contributed by atoms with Crippen LogP contribution in [-0.2, 0) is 6.42 Å². The van der Waals surface area contributed by atoms with E-state index in [-0.39, 0.29) is 24.0 Å². The van der Waals surface area contributed by atoms with E-state index in [1.54, 1.807) is 0 Å². The first-order valence-electron chi connectivity index (χ1n) is 7.27. The van der Waals surface area contributed by atoms with E-state index in [0.29, 0.717) is 5.96 Å². The van der Waals surface area contributed by atoms with Gasteiger partial charge in [0.2, 0.25) is 0 Å². The lowest BCUT2D eigenvalue weighted by Gasteiger charge is -2.27. The molecule has 0 radical (unpaired) electrons. The molecule has 2 N–H and O–H groups in total. The van der Waals surface area contributed by atoms with Crippen molar-refractivity contribution in [3.05, 3.63) is 34.4 Å². The smallest absolute Gasteiger partial charge is 0.191 e. The molecular formula is C16H26IN3S. The number of nitrogens with two attached hydrogens (primary N) is 1. The highest BCUT2D eigenvalue weighted by Gasteiger charge is 2.12. The van der Waals surface area contributed by atoms with Crippen LogP contribution in [0.2, 0.25) is 0 Å². The highest BCUT2D eigenvalue weighted by atomic mass is 127. The molecule has 5 heteroatoms. The molecule has 118 valence electrons. The first-order valence-corrected chi connectivity index (χ1v) is 8.42. The second-order valence-corrected chi connectivity index (χ2v) is 6.69. The van der Waals surface area contributed by atoms with Gasteiger partial charge in [-0.15, -0.1) is 24.0 Å². The van der Waals surface area contributed by atoms with Gasteiger partial charge in [-0.25, -0.2) is 0 Å². The quantitative estimate of drug-likeness (QED) is 0.465. The maximum atomic E-state index is 6.08. The fourth-order valence-electron chi connectivity index (χ4n) is 2.78. The van der Waals surface area contributed by atoms with Crippen LogP contribution in [0.15, 0.2) is 17.1 Å². The van der Waals surface area contributed by atoms with Gasteiger partial charge in [-0.05, 0) is 43.9 Å². The zero-order valence-corrected chi connectivity index (χ0v) is 16.3. The zero-order valence-electron chi connectivity index (χ0n) is 13.2. The summed E-state index contributed by atoms with van der Waals surface area (Å²) in [5.74, 6) is 3.03. The fraction of sp³-hybridized carbons (Fsp3) is 0.562. The van der Waals surface area contributed by atoms with Crippen LogP contribution >= 0.6 is 35.7 Å². The Kier molecular flexibility index (Phi) is 7.87. The second kappa shape index (κ2) is 8.88. The van der Waals surface area contributed by atoms with Gasteiger partial charge in [0.05, 0.1) is 0 Å². The van der Waals surface area contributed by atoms with Crippen LogP contribution in [0.5, 0.6) is 0 Å². The number of hydrogen-bond acceptors (Lipinski definition) is 2. The lowest BCUT2D eigenvalue weighted by molar-refractivity contribution is 0.456. The summed E-state index contributed by atoms with van der Waals surface area (Å²) in [7, 11) is 0. The van der Waals surface area contributed by atoms with Crippen molar-refractivity contribution in [2.24, 2.45) is 10.7 Å². The Balaban J connectivity index is 0.00000220. The predicted octanol–water partition coefficient (Wildman–Crippen LogP) is 3.14. The molecular weight excluding hydrogens is 393 g/mol. The molecule has 21 heavy (non-hydrogen) atoms. The van der Waals surface area contributed by atoms with Crippen molar-refractivity contribution in [3.8, 4) is 0 Å². The molecule has 0 unspecified atom stereocenters. The largest absolute Gasteiger partial charge is 0.370 e. The molecule has 0 aliphatic carbocycles. The first kappa shape index (κ1) is 18.6. The van der Waals surface area contributed by atoms with E-state index >= 15 is 0 Å². The number of guanidine groups is 1. The van der Waals surface area contributed by atoms with Gasteiger partial charge in [0.15, 0.2) is 5.96 Å². The summed E-state index contributed by atoms with van der Waals surface area (Å²) >= 11 is 1.99. The molecule has 1 aliphatic rings. The van der Waals surface area contributed by atoms with Crippen molar-refractivity contribution in [3.63, 3.8) is 0 Å². The number of aliphatic imine (C=N–C) groups is 1. The predicted molar refractivity (Wildman–Crippen MR) is 105 cm³/mol. The Morgan fingerprint density at radius 3 is 2.33 bits per heavy atom. The number of halogens is 1. The Bertz CT molecular complexity index is 473. The molecule has 0 aromatic heterocycles. The molecule has 3 nitrogen and oxygen atoms in total. The minimum Gasteiger partial charge on any atom is -0.370 e. The van der Waals surface area contributed by atoms with Gasteiger partial charge in [-0.1, -0.05) is 17.7 Å². The van der Waals surface area contributed by atoms with Crippen LogP contribution < -0.4 is 5.73 Å². The maximum Gasteiger partial charge on any atom is 0.191 e. The number of nitrogens with zero attached hydrogens (tertiary/aromatic N) is 2. The minimum absolute atomic E-state index is 0. The van der Waals surface area contributed by atoms with E-state index in [1.807, 2.05) is 11.8 Å². The number of aryl methyl sites for hydroxylation is 3. The molecule has 1 heterocycles. The molecule has 1 saturated heterocycles. The fourth-order valence-corrected chi connectivity index (χ4v) is 3.68. The molecule has 1 fully saturated rings. The van der Waals surface area contributed by atoms with E-state index in [0.717, 1.165) is 37.6 Å². The Morgan fingerprint density at radius 1 is 1.19 bits per heavy atom. The third kappa shape index (κ3) is 5.36. The van der Waals surface area contributed by atoms with Crippen LogP contribution in [-0.4, -0.2) is 42.0 Å². The average molecular weight is 419 g/mol. The zero-order chi connectivity index (χ0) is 14.5.